The Labute approximate surface area is 181 Å². The molecule has 1 N–H and O–H groups in total. The molecule has 0 heterocycles. The summed E-state index contributed by atoms with van der Waals surface area (Å²) in [4.78, 5) is 24.7. The Kier molecular flexibility index (Phi) is 8.80. The van der Waals surface area contributed by atoms with Crippen LogP contribution in [0.1, 0.15) is 55.6 Å². The van der Waals surface area contributed by atoms with Gasteiger partial charge in [-0.2, -0.15) is 0 Å². The Morgan fingerprint density at radius 1 is 1.07 bits per heavy atom. The lowest BCUT2D eigenvalue weighted by atomic mass is 10.1. The van der Waals surface area contributed by atoms with Crippen molar-refractivity contribution in [3.63, 3.8) is 0 Å². The Bertz CT molecular complexity index is 839. The smallest absolute Gasteiger partial charge is 0.338 e. The summed E-state index contributed by atoms with van der Waals surface area (Å²) in [5, 5.41) is 3.76. The van der Waals surface area contributed by atoms with Crippen molar-refractivity contribution >= 4 is 35.1 Å². The number of carbonyl (C=O) groups excluding carboxylic acids is 2. The van der Waals surface area contributed by atoms with Gasteiger partial charge < -0.3 is 14.8 Å². The van der Waals surface area contributed by atoms with E-state index in [0.29, 0.717) is 28.0 Å². The molecule has 29 heavy (non-hydrogen) atoms. The summed E-state index contributed by atoms with van der Waals surface area (Å²) >= 11 is 12.1. The number of nitrogens with one attached hydrogen (secondary N) is 1. The second-order valence-corrected chi connectivity index (χ2v) is 7.51. The molecule has 1 amide bonds. The standard InChI is InChI=1S/C22H25Cl2NO4/c1-4-5-12-28-18-9-6-16(7-10-18)22(27)29-15(3)21(26)25-14(2)19-11-8-17(23)13-20(19)24/h6-11,13-15H,4-5,12H2,1-3H3,(H,25,26)/t14-,15-/m0/s1. The molecule has 0 bridgehead atoms. The molecule has 5 nitrogen and oxygen atoms in total. The number of halogens is 2. The van der Waals surface area contributed by atoms with Crippen LogP contribution in [0.2, 0.25) is 10.0 Å². The molecule has 0 aliphatic heterocycles. The van der Waals surface area contributed by atoms with E-state index in [-0.39, 0.29) is 6.04 Å². The van der Waals surface area contributed by atoms with Crippen molar-refractivity contribution in [2.45, 2.75) is 45.8 Å². The van der Waals surface area contributed by atoms with Gasteiger partial charge in [0.05, 0.1) is 18.2 Å². The van der Waals surface area contributed by atoms with Crippen LogP contribution in [0.4, 0.5) is 0 Å². The molecule has 2 atom stereocenters. The van der Waals surface area contributed by atoms with Crippen LogP contribution in [0.3, 0.4) is 0 Å². The number of carbonyl (C=O) groups is 2. The highest BCUT2D eigenvalue weighted by molar-refractivity contribution is 6.35. The molecule has 0 unspecified atom stereocenters. The fourth-order valence-corrected chi connectivity index (χ4v) is 3.14. The van der Waals surface area contributed by atoms with Gasteiger partial charge in [-0.1, -0.05) is 42.6 Å². The van der Waals surface area contributed by atoms with Gasteiger partial charge in [0.2, 0.25) is 0 Å². The third-order valence-electron chi connectivity index (χ3n) is 4.30. The zero-order valence-corrected chi connectivity index (χ0v) is 18.2. The molecule has 2 aromatic carbocycles. The molecule has 0 saturated heterocycles. The van der Waals surface area contributed by atoms with E-state index in [1.54, 1.807) is 49.4 Å². The van der Waals surface area contributed by atoms with E-state index in [1.165, 1.54) is 6.92 Å². The molecule has 0 spiro atoms. The van der Waals surface area contributed by atoms with E-state index >= 15 is 0 Å². The zero-order valence-electron chi connectivity index (χ0n) is 16.7. The highest BCUT2D eigenvalue weighted by Gasteiger charge is 2.21. The largest absolute Gasteiger partial charge is 0.494 e. The quantitative estimate of drug-likeness (QED) is 0.409. The minimum absolute atomic E-state index is 0.348. The lowest BCUT2D eigenvalue weighted by Gasteiger charge is -2.19. The maximum atomic E-state index is 12.4. The Morgan fingerprint density at radius 2 is 1.76 bits per heavy atom. The van der Waals surface area contributed by atoms with Crippen LogP contribution < -0.4 is 10.1 Å². The Hall–Kier alpha value is -2.24. The SMILES string of the molecule is CCCCOc1ccc(C(=O)O[C@@H](C)C(=O)N[C@@H](C)c2ccc(Cl)cc2Cl)cc1. The Morgan fingerprint density at radius 3 is 2.38 bits per heavy atom. The number of benzene rings is 2. The van der Waals surface area contributed by atoms with Gasteiger partial charge in [-0.3, -0.25) is 4.79 Å². The van der Waals surface area contributed by atoms with Crippen LogP contribution in [-0.2, 0) is 9.53 Å². The average molecular weight is 438 g/mol. The predicted molar refractivity (Wildman–Crippen MR) is 115 cm³/mol. The van der Waals surface area contributed by atoms with Gasteiger partial charge in [-0.05, 0) is 62.2 Å². The number of ether oxygens (including phenoxy) is 2. The molecule has 156 valence electrons. The van der Waals surface area contributed by atoms with Crippen molar-refractivity contribution in [1.82, 2.24) is 5.32 Å². The Balaban J connectivity index is 1.90. The topological polar surface area (TPSA) is 64.6 Å². The second kappa shape index (κ2) is 11.1. The van der Waals surface area contributed by atoms with Crippen molar-refractivity contribution in [3.05, 3.63) is 63.6 Å². The second-order valence-electron chi connectivity index (χ2n) is 6.67. The summed E-state index contributed by atoms with van der Waals surface area (Å²) in [5.74, 6) is -0.309. The molecule has 7 heteroatoms. The van der Waals surface area contributed by atoms with Crippen LogP contribution in [0.5, 0.6) is 5.75 Å². The van der Waals surface area contributed by atoms with Crippen molar-refractivity contribution < 1.29 is 19.1 Å². The van der Waals surface area contributed by atoms with Crippen LogP contribution in [-0.4, -0.2) is 24.6 Å². The first-order chi connectivity index (χ1) is 13.8. The summed E-state index contributed by atoms with van der Waals surface area (Å²) < 4.78 is 10.8. The summed E-state index contributed by atoms with van der Waals surface area (Å²) in [6, 6.07) is 11.3. The molecule has 0 aromatic heterocycles. The van der Waals surface area contributed by atoms with Crippen molar-refractivity contribution in [3.8, 4) is 5.75 Å². The summed E-state index contributed by atoms with van der Waals surface area (Å²) in [6.07, 6.45) is 1.06. The van der Waals surface area contributed by atoms with Gasteiger partial charge in [0, 0.05) is 10.0 Å². The number of unbranched alkanes of at least 4 members (excludes halogenated alkanes) is 1. The van der Waals surface area contributed by atoms with E-state index in [0.717, 1.165) is 18.4 Å². The van der Waals surface area contributed by atoms with Gasteiger partial charge >= 0.3 is 5.97 Å². The predicted octanol–water partition coefficient (Wildman–Crippen LogP) is 5.60. The number of hydrogen-bond acceptors (Lipinski definition) is 4. The molecule has 0 radical (unpaired) electrons. The third kappa shape index (κ3) is 6.94. The zero-order chi connectivity index (χ0) is 21.4. The minimum Gasteiger partial charge on any atom is -0.494 e. The molecule has 0 fully saturated rings. The van der Waals surface area contributed by atoms with Crippen molar-refractivity contribution in [1.29, 1.82) is 0 Å². The summed E-state index contributed by atoms with van der Waals surface area (Å²) in [7, 11) is 0. The maximum absolute atomic E-state index is 12.4. The minimum atomic E-state index is -0.962. The highest BCUT2D eigenvalue weighted by Crippen LogP contribution is 2.26. The molecule has 2 aromatic rings. The molecule has 0 aliphatic rings. The van der Waals surface area contributed by atoms with Crippen LogP contribution in [0.15, 0.2) is 42.5 Å². The highest BCUT2D eigenvalue weighted by atomic mass is 35.5. The number of esters is 1. The van der Waals surface area contributed by atoms with E-state index in [2.05, 4.69) is 12.2 Å². The van der Waals surface area contributed by atoms with E-state index in [9.17, 15) is 9.59 Å². The van der Waals surface area contributed by atoms with E-state index < -0.39 is 18.0 Å². The monoisotopic (exact) mass is 437 g/mol. The van der Waals surface area contributed by atoms with E-state index in [1.807, 2.05) is 0 Å². The van der Waals surface area contributed by atoms with Gasteiger partial charge in [-0.25, -0.2) is 4.79 Å². The number of hydrogen-bond donors (Lipinski definition) is 1. The number of rotatable bonds is 9. The van der Waals surface area contributed by atoms with Crippen LogP contribution >= 0.6 is 23.2 Å². The van der Waals surface area contributed by atoms with Gasteiger partial charge in [0.15, 0.2) is 6.10 Å². The molecule has 0 saturated carbocycles. The summed E-state index contributed by atoms with van der Waals surface area (Å²) in [6.45, 7) is 6.03. The first-order valence-electron chi connectivity index (χ1n) is 9.51. The molecule has 0 aliphatic carbocycles. The lowest BCUT2D eigenvalue weighted by Crippen LogP contribution is -2.37. The van der Waals surface area contributed by atoms with Crippen LogP contribution in [0, 0.1) is 0 Å². The van der Waals surface area contributed by atoms with Crippen molar-refractivity contribution in [2.24, 2.45) is 0 Å². The van der Waals surface area contributed by atoms with Gasteiger partial charge in [0.1, 0.15) is 5.75 Å². The maximum Gasteiger partial charge on any atom is 0.338 e. The first kappa shape index (κ1) is 23.0. The average Bonchev–Trinajstić information content (AvgIpc) is 2.68. The lowest BCUT2D eigenvalue weighted by molar-refractivity contribution is -0.129. The molecule has 2 rings (SSSR count). The third-order valence-corrected chi connectivity index (χ3v) is 4.86. The fourth-order valence-electron chi connectivity index (χ4n) is 2.56. The first-order valence-corrected chi connectivity index (χ1v) is 10.3. The van der Waals surface area contributed by atoms with Gasteiger partial charge in [-0.15, -0.1) is 0 Å². The van der Waals surface area contributed by atoms with Crippen molar-refractivity contribution in [2.75, 3.05) is 6.61 Å². The molecular formula is C22H25Cl2NO4. The van der Waals surface area contributed by atoms with Gasteiger partial charge in [0.25, 0.3) is 5.91 Å². The number of amides is 1. The summed E-state index contributed by atoms with van der Waals surface area (Å²) in [5.41, 5.74) is 1.07. The van der Waals surface area contributed by atoms with E-state index in [4.69, 9.17) is 32.7 Å². The normalized spacial score (nSPS) is 12.7. The van der Waals surface area contributed by atoms with Crippen LogP contribution in [0.25, 0.3) is 0 Å². The fraction of sp³-hybridized carbons (Fsp3) is 0.364. The molecular weight excluding hydrogens is 413 g/mol.